The molecule has 0 radical (unpaired) electrons. The van der Waals surface area contributed by atoms with Crippen LogP contribution in [-0.2, 0) is 4.79 Å². The van der Waals surface area contributed by atoms with Crippen LogP contribution in [0, 0.1) is 0 Å². The second-order valence-corrected chi connectivity index (χ2v) is 3.58. The van der Waals surface area contributed by atoms with Gasteiger partial charge in [-0.2, -0.15) is 0 Å². The summed E-state index contributed by atoms with van der Waals surface area (Å²) in [6, 6.07) is 3.90. The number of benzene rings is 1. The number of carbonyl (C=O) groups is 1. The highest BCUT2D eigenvalue weighted by Crippen LogP contribution is 2.14. The van der Waals surface area contributed by atoms with Gasteiger partial charge >= 0.3 is 0 Å². The van der Waals surface area contributed by atoms with Crippen molar-refractivity contribution in [3.05, 3.63) is 34.0 Å². The Balaban J connectivity index is 2.34. The summed E-state index contributed by atoms with van der Waals surface area (Å²) < 4.78 is 0. The van der Waals surface area contributed by atoms with Crippen molar-refractivity contribution in [3.8, 4) is 0 Å². The molecule has 0 spiro atoms. The fourth-order valence-corrected chi connectivity index (χ4v) is 1.80. The van der Waals surface area contributed by atoms with Gasteiger partial charge in [-0.15, -0.1) is 0 Å². The Hall–Kier alpha value is -2.03. The largest absolute Gasteiger partial charge is 0.293 e. The van der Waals surface area contributed by atoms with Crippen molar-refractivity contribution < 1.29 is 4.79 Å². The molecular formula is C12H8N2O. The van der Waals surface area contributed by atoms with Gasteiger partial charge < -0.3 is 0 Å². The van der Waals surface area contributed by atoms with Gasteiger partial charge in [0.15, 0.2) is 5.78 Å². The minimum absolute atomic E-state index is 0.00105. The van der Waals surface area contributed by atoms with Gasteiger partial charge in [0, 0.05) is 23.9 Å². The van der Waals surface area contributed by atoms with Crippen molar-refractivity contribution in [2.45, 2.75) is 6.92 Å². The van der Waals surface area contributed by atoms with E-state index in [0.717, 1.165) is 21.8 Å². The van der Waals surface area contributed by atoms with Crippen LogP contribution in [0.5, 0.6) is 0 Å². The van der Waals surface area contributed by atoms with Crippen LogP contribution >= 0.6 is 0 Å². The van der Waals surface area contributed by atoms with E-state index in [1.165, 1.54) is 6.92 Å². The van der Waals surface area contributed by atoms with Crippen molar-refractivity contribution in [2.75, 3.05) is 0 Å². The quantitative estimate of drug-likeness (QED) is 0.653. The number of carbonyl (C=O) groups excluding carboxylic acids is 1. The van der Waals surface area contributed by atoms with Gasteiger partial charge in [-0.1, -0.05) is 6.07 Å². The fraction of sp³-hybridized carbons (Fsp3) is 0.0833. The van der Waals surface area contributed by atoms with Gasteiger partial charge in [0.05, 0.1) is 11.0 Å². The smallest absolute Gasteiger partial charge is 0.178 e. The van der Waals surface area contributed by atoms with Crippen molar-refractivity contribution in [1.82, 2.24) is 0 Å². The summed E-state index contributed by atoms with van der Waals surface area (Å²) in [5.74, 6) is -0.00105. The van der Waals surface area contributed by atoms with E-state index in [0.29, 0.717) is 5.70 Å². The monoisotopic (exact) mass is 196 g/mol. The van der Waals surface area contributed by atoms with Gasteiger partial charge in [0.2, 0.25) is 0 Å². The predicted octanol–water partition coefficient (Wildman–Crippen LogP) is 0.746. The summed E-state index contributed by atoms with van der Waals surface area (Å²) in [5.41, 5.74) is 2.45. The molecular weight excluding hydrogens is 188 g/mol. The van der Waals surface area contributed by atoms with Gasteiger partial charge in [-0.05, 0) is 18.2 Å². The van der Waals surface area contributed by atoms with Gasteiger partial charge in [0.25, 0.3) is 0 Å². The Morgan fingerprint density at radius 1 is 1.33 bits per heavy atom. The molecule has 2 aliphatic rings. The van der Waals surface area contributed by atoms with Crippen LogP contribution in [-0.4, -0.2) is 12.0 Å². The first-order valence-corrected chi connectivity index (χ1v) is 4.74. The first kappa shape index (κ1) is 8.29. The molecule has 1 aromatic rings. The molecule has 2 heterocycles. The Bertz CT molecular complexity index is 651. The summed E-state index contributed by atoms with van der Waals surface area (Å²) in [6.45, 7) is 1.53. The van der Waals surface area contributed by atoms with E-state index >= 15 is 0 Å². The zero-order valence-electron chi connectivity index (χ0n) is 8.19. The molecule has 0 aromatic heterocycles. The van der Waals surface area contributed by atoms with Gasteiger partial charge in [-0.25, -0.2) is 4.99 Å². The van der Waals surface area contributed by atoms with E-state index in [1.807, 2.05) is 24.3 Å². The van der Waals surface area contributed by atoms with Crippen molar-refractivity contribution in [2.24, 2.45) is 9.98 Å². The number of hydrogen-bond donors (Lipinski definition) is 0. The fourth-order valence-electron chi connectivity index (χ4n) is 1.80. The highest BCUT2D eigenvalue weighted by molar-refractivity contribution is 6.00. The third-order valence-electron chi connectivity index (χ3n) is 2.57. The van der Waals surface area contributed by atoms with Crippen LogP contribution in [0.3, 0.4) is 0 Å². The zero-order valence-corrected chi connectivity index (χ0v) is 8.19. The number of Topliss-reactive ketones (excluding diaryl/α,β-unsaturated/α-hetero) is 1. The highest BCUT2D eigenvalue weighted by atomic mass is 16.1. The first-order chi connectivity index (χ1) is 7.25. The molecule has 3 nitrogen and oxygen atoms in total. The lowest BCUT2D eigenvalue weighted by Crippen LogP contribution is -2.25. The number of nitrogens with zero attached hydrogens (tertiary/aromatic N) is 2. The van der Waals surface area contributed by atoms with Crippen LogP contribution < -0.4 is 10.6 Å². The molecule has 3 rings (SSSR count). The summed E-state index contributed by atoms with van der Waals surface area (Å²) >= 11 is 0. The molecule has 3 heteroatoms. The normalized spacial score (nSPS) is 15.1. The van der Waals surface area contributed by atoms with E-state index in [2.05, 4.69) is 9.98 Å². The molecule has 72 valence electrons. The molecule has 0 bridgehead atoms. The highest BCUT2D eigenvalue weighted by Gasteiger charge is 2.13. The van der Waals surface area contributed by atoms with Gasteiger partial charge in [0.1, 0.15) is 5.70 Å². The molecule has 0 saturated carbocycles. The van der Waals surface area contributed by atoms with Crippen molar-refractivity contribution >= 4 is 29.8 Å². The number of aliphatic imine (C=N–C) groups is 1. The van der Waals surface area contributed by atoms with Crippen LogP contribution in [0.2, 0.25) is 0 Å². The summed E-state index contributed by atoms with van der Waals surface area (Å²) in [7, 11) is 0. The predicted molar refractivity (Wildman–Crippen MR) is 58.5 cm³/mol. The van der Waals surface area contributed by atoms with Crippen LogP contribution in [0.1, 0.15) is 12.5 Å². The van der Waals surface area contributed by atoms with Crippen LogP contribution in [0.15, 0.2) is 27.8 Å². The molecule has 2 aliphatic heterocycles. The second kappa shape index (κ2) is 2.73. The van der Waals surface area contributed by atoms with E-state index in [4.69, 9.17) is 0 Å². The molecule has 0 N–H and O–H groups in total. The molecule has 15 heavy (non-hydrogen) atoms. The molecule has 0 fully saturated rings. The average Bonchev–Trinajstić information content (AvgIpc) is 2.82. The third kappa shape index (κ3) is 1.09. The third-order valence-corrected chi connectivity index (χ3v) is 2.57. The standard InChI is InChI=1S/C12H8N2O/c1-7(15)11-6-8-2-3-10-9(4-5-13-10)12(8)14-11/h2-6H,1H3. The summed E-state index contributed by atoms with van der Waals surface area (Å²) in [5, 5.41) is 1.88. The maximum Gasteiger partial charge on any atom is 0.178 e. The van der Waals surface area contributed by atoms with E-state index in [9.17, 15) is 4.79 Å². The number of fused-ring (bicyclic) bond motifs is 3. The van der Waals surface area contributed by atoms with E-state index in [-0.39, 0.29) is 5.78 Å². The number of ketones is 1. The minimum Gasteiger partial charge on any atom is -0.293 e. The summed E-state index contributed by atoms with van der Waals surface area (Å²) in [6.07, 6.45) is 5.50. The Morgan fingerprint density at radius 3 is 3.00 bits per heavy atom. The first-order valence-electron chi connectivity index (χ1n) is 4.74. The number of hydrogen-bond acceptors (Lipinski definition) is 3. The molecule has 0 atom stereocenters. The lowest BCUT2D eigenvalue weighted by molar-refractivity contribution is -0.113. The second-order valence-electron chi connectivity index (χ2n) is 3.58. The lowest BCUT2D eigenvalue weighted by atomic mass is 10.1. The molecule has 0 amide bonds. The van der Waals surface area contributed by atoms with Crippen molar-refractivity contribution in [1.29, 1.82) is 0 Å². The van der Waals surface area contributed by atoms with E-state index < -0.39 is 0 Å². The maximum absolute atomic E-state index is 11.2. The Kier molecular flexibility index (Phi) is 1.51. The van der Waals surface area contributed by atoms with Gasteiger partial charge in [-0.3, -0.25) is 9.79 Å². The number of allylic oxidation sites excluding steroid dienone is 1. The van der Waals surface area contributed by atoms with E-state index in [1.54, 1.807) is 6.21 Å². The molecule has 0 unspecified atom stereocenters. The SMILES string of the molecule is CC(=O)C1=Cc2ccc3c(c2=N1)=CC=N3. The molecule has 0 aliphatic carbocycles. The Labute approximate surface area is 86.2 Å². The Morgan fingerprint density at radius 2 is 2.20 bits per heavy atom. The average molecular weight is 196 g/mol. The molecule has 1 aromatic carbocycles. The lowest BCUT2D eigenvalue weighted by Gasteiger charge is -1.92. The number of rotatable bonds is 1. The van der Waals surface area contributed by atoms with Crippen LogP contribution in [0.25, 0.3) is 12.2 Å². The topological polar surface area (TPSA) is 41.8 Å². The molecule has 0 saturated heterocycles. The minimum atomic E-state index is -0.00105. The summed E-state index contributed by atoms with van der Waals surface area (Å²) in [4.78, 5) is 19.7. The van der Waals surface area contributed by atoms with Crippen LogP contribution in [0.4, 0.5) is 5.69 Å². The zero-order chi connectivity index (χ0) is 10.4. The van der Waals surface area contributed by atoms with Crippen molar-refractivity contribution in [3.63, 3.8) is 0 Å². The maximum atomic E-state index is 11.2.